The van der Waals surface area contributed by atoms with Gasteiger partial charge in [0.1, 0.15) is 5.65 Å². The summed E-state index contributed by atoms with van der Waals surface area (Å²) in [4.78, 5) is 15.9. The van der Waals surface area contributed by atoms with Gasteiger partial charge in [0.2, 0.25) is 5.82 Å². The molecule has 2 amide bonds. The number of primary amides is 1. The fourth-order valence-corrected chi connectivity index (χ4v) is 2.82. The van der Waals surface area contributed by atoms with Crippen LogP contribution in [0.1, 0.15) is 0 Å². The lowest BCUT2D eigenvalue weighted by molar-refractivity contribution is -0.145. The second-order valence-electron chi connectivity index (χ2n) is 6.12. The Balaban J connectivity index is 1.66. The number of hydrogen-bond donors (Lipinski definition) is 2. The number of nitrogens with two attached hydrogens (primary N) is 1. The van der Waals surface area contributed by atoms with Crippen LogP contribution in [0.5, 0.6) is 0 Å². The number of aromatic nitrogens is 6. The molecule has 4 aromatic rings. The van der Waals surface area contributed by atoms with Crippen molar-refractivity contribution in [3.8, 4) is 22.6 Å². The van der Waals surface area contributed by atoms with Gasteiger partial charge in [0.25, 0.3) is 0 Å². The van der Waals surface area contributed by atoms with E-state index in [1.54, 1.807) is 47.1 Å². The summed E-state index contributed by atoms with van der Waals surface area (Å²) in [5.41, 5.74) is 8.22. The summed E-state index contributed by atoms with van der Waals surface area (Å²) in [6.07, 6.45) is -1.10. The number of urea groups is 1. The zero-order chi connectivity index (χ0) is 20.6. The average Bonchev–Trinajstić information content (AvgIpc) is 3.26. The second kappa shape index (κ2) is 6.89. The molecule has 0 bridgehead atoms. The first kappa shape index (κ1) is 18.4. The normalized spacial score (nSPS) is 11.7. The number of hydrogen-bond acceptors (Lipinski definition) is 5. The number of pyridine rings is 1. The van der Waals surface area contributed by atoms with Crippen LogP contribution in [0, 0.1) is 0 Å². The van der Waals surface area contributed by atoms with Gasteiger partial charge in [-0.1, -0.05) is 12.1 Å². The molecule has 3 N–H and O–H groups in total. The van der Waals surface area contributed by atoms with Gasteiger partial charge in [0.15, 0.2) is 6.54 Å². The number of amides is 2. The standard InChI is InChI=1S/C17H13F3N8O/c18-17(19,20)9-28-25-15(24-26-28)11-4-5-27-13(8-22-14(27)7-11)10-2-1-3-12(6-10)23-16(21)29/h1-8H,9H2,(H3,21,23,29). The van der Waals surface area contributed by atoms with Crippen LogP contribution >= 0.6 is 0 Å². The first-order valence-corrected chi connectivity index (χ1v) is 8.27. The number of carbonyl (C=O) groups excluding carboxylic acids is 1. The number of anilines is 1. The van der Waals surface area contributed by atoms with E-state index in [1.165, 1.54) is 0 Å². The maximum Gasteiger partial charge on any atom is 0.409 e. The van der Waals surface area contributed by atoms with Crippen LogP contribution in [-0.2, 0) is 6.54 Å². The molecular formula is C17H13F3N8O. The Morgan fingerprint density at radius 2 is 2.00 bits per heavy atom. The molecular weight excluding hydrogens is 389 g/mol. The lowest BCUT2D eigenvalue weighted by atomic mass is 10.1. The molecule has 12 heteroatoms. The zero-order valence-electron chi connectivity index (χ0n) is 14.6. The van der Waals surface area contributed by atoms with Crippen molar-refractivity contribution in [1.82, 2.24) is 29.6 Å². The third-order valence-corrected chi connectivity index (χ3v) is 3.97. The number of imidazole rings is 1. The highest BCUT2D eigenvalue weighted by molar-refractivity contribution is 5.88. The van der Waals surface area contributed by atoms with Crippen LogP contribution in [0.4, 0.5) is 23.7 Å². The summed E-state index contributed by atoms with van der Waals surface area (Å²) >= 11 is 0. The van der Waals surface area contributed by atoms with Gasteiger partial charge in [-0.3, -0.25) is 4.40 Å². The van der Waals surface area contributed by atoms with E-state index in [0.29, 0.717) is 21.7 Å². The number of carbonyl (C=O) groups is 1. The van der Waals surface area contributed by atoms with Crippen molar-refractivity contribution < 1.29 is 18.0 Å². The largest absolute Gasteiger partial charge is 0.409 e. The maximum absolute atomic E-state index is 12.5. The number of alkyl halides is 3. The maximum atomic E-state index is 12.5. The van der Waals surface area contributed by atoms with Gasteiger partial charge in [-0.15, -0.1) is 10.2 Å². The summed E-state index contributed by atoms with van der Waals surface area (Å²) in [5, 5.41) is 13.4. The molecule has 1 aromatic carbocycles. The van der Waals surface area contributed by atoms with Crippen LogP contribution in [0.15, 0.2) is 48.8 Å². The Morgan fingerprint density at radius 1 is 1.17 bits per heavy atom. The molecule has 0 radical (unpaired) electrons. The third kappa shape index (κ3) is 4.00. The minimum absolute atomic E-state index is 0.0638. The van der Waals surface area contributed by atoms with Gasteiger partial charge in [-0.2, -0.15) is 18.0 Å². The molecule has 0 aliphatic rings. The van der Waals surface area contributed by atoms with Gasteiger partial charge in [-0.25, -0.2) is 9.78 Å². The molecule has 0 saturated carbocycles. The molecule has 3 heterocycles. The highest BCUT2D eigenvalue weighted by atomic mass is 19.4. The van der Waals surface area contributed by atoms with Crippen molar-refractivity contribution in [3.05, 3.63) is 48.8 Å². The van der Waals surface area contributed by atoms with Crippen LogP contribution in [0.25, 0.3) is 28.3 Å². The number of fused-ring (bicyclic) bond motifs is 1. The van der Waals surface area contributed by atoms with Crippen molar-refractivity contribution in [2.75, 3.05) is 5.32 Å². The highest BCUT2D eigenvalue weighted by Gasteiger charge is 2.29. The molecule has 0 spiro atoms. The summed E-state index contributed by atoms with van der Waals surface area (Å²) in [6.45, 7) is -1.31. The Kier molecular flexibility index (Phi) is 4.37. The molecule has 29 heavy (non-hydrogen) atoms. The second-order valence-corrected chi connectivity index (χ2v) is 6.12. The van der Waals surface area contributed by atoms with Gasteiger partial charge in [0.05, 0.1) is 11.9 Å². The smallest absolute Gasteiger partial charge is 0.351 e. The molecule has 148 valence electrons. The predicted molar refractivity (Wildman–Crippen MR) is 96.7 cm³/mol. The van der Waals surface area contributed by atoms with Crippen LogP contribution in [0.2, 0.25) is 0 Å². The molecule has 0 aliphatic carbocycles. The first-order valence-electron chi connectivity index (χ1n) is 8.27. The van der Waals surface area contributed by atoms with Crippen molar-refractivity contribution in [2.45, 2.75) is 12.7 Å². The number of halogens is 3. The lowest BCUT2D eigenvalue weighted by Crippen LogP contribution is -2.19. The van der Waals surface area contributed by atoms with Crippen molar-refractivity contribution in [1.29, 1.82) is 0 Å². The molecule has 0 atom stereocenters. The van der Waals surface area contributed by atoms with Crippen molar-refractivity contribution in [3.63, 3.8) is 0 Å². The van der Waals surface area contributed by atoms with Crippen molar-refractivity contribution in [2.24, 2.45) is 5.73 Å². The topological polar surface area (TPSA) is 116 Å². The van der Waals surface area contributed by atoms with E-state index in [4.69, 9.17) is 5.73 Å². The third-order valence-electron chi connectivity index (χ3n) is 3.97. The van der Waals surface area contributed by atoms with Gasteiger partial charge in [0, 0.05) is 23.0 Å². The monoisotopic (exact) mass is 402 g/mol. The van der Waals surface area contributed by atoms with E-state index >= 15 is 0 Å². The minimum atomic E-state index is -4.43. The number of nitrogens with one attached hydrogen (secondary N) is 1. The van der Waals surface area contributed by atoms with E-state index in [2.05, 4.69) is 25.7 Å². The zero-order valence-corrected chi connectivity index (χ0v) is 14.6. The van der Waals surface area contributed by atoms with E-state index in [9.17, 15) is 18.0 Å². The van der Waals surface area contributed by atoms with E-state index in [1.807, 2.05) is 6.07 Å². The van der Waals surface area contributed by atoms with Crippen molar-refractivity contribution >= 4 is 17.4 Å². The van der Waals surface area contributed by atoms with Crippen LogP contribution < -0.4 is 11.1 Å². The van der Waals surface area contributed by atoms with Gasteiger partial charge >= 0.3 is 12.2 Å². The SMILES string of the molecule is NC(=O)Nc1cccc(-c2cnc3cc(-c4nnn(CC(F)(F)F)n4)ccn23)c1. The van der Waals surface area contributed by atoms with Crippen LogP contribution in [-0.4, -0.2) is 41.8 Å². The van der Waals surface area contributed by atoms with Gasteiger partial charge < -0.3 is 11.1 Å². The van der Waals surface area contributed by atoms with Crippen LogP contribution in [0.3, 0.4) is 0 Å². The molecule has 0 saturated heterocycles. The Hall–Kier alpha value is -3.96. The summed E-state index contributed by atoms with van der Waals surface area (Å²) in [6, 6.07) is 9.67. The van der Waals surface area contributed by atoms with E-state index < -0.39 is 18.8 Å². The fraction of sp³-hybridized carbons (Fsp3) is 0.118. The van der Waals surface area contributed by atoms with Gasteiger partial charge in [-0.05, 0) is 29.5 Å². The number of rotatable bonds is 4. The quantitative estimate of drug-likeness (QED) is 0.545. The molecule has 4 rings (SSSR count). The summed E-state index contributed by atoms with van der Waals surface area (Å²) in [5.74, 6) is 0.0638. The fourth-order valence-electron chi connectivity index (χ4n) is 2.82. The Bertz CT molecular complexity index is 1200. The first-order chi connectivity index (χ1) is 13.8. The summed E-state index contributed by atoms with van der Waals surface area (Å²) < 4.78 is 39.1. The molecule has 3 aromatic heterocycles. The highest BCUT2D eigenvalue weighted by Crippen LogP contribution is 2.26. The van der Waals surface area contributed by atoms with E-state index in [-0.39, 0.29) is 5.82 Å². The molecule has 9 nitrogen and oxygen atoms in total. The average molecular weight is 402 g/mol. The number of nitrogens with zero attached hydrogens (tertiary/aromatic N) is 6. The number of tetrazole rings is 1. The Morgan fingerprint density at radius 3 is 2.76 bits per heavy atom. The van der Waals surface area contributed by atoms with E-state index in [0.717, 1.165) is 11.3 Å². The minimum Gasteiger partial charge on any atom is -0.351 e. The summed E-state index contributed by atoms with van der Waals surface area (Å²) in [7, 11) is 0. The molecule has 0 aliphatic heterocycles. The molecule has 0 unspecified atom stereocenters. The lowest BCUT2D eigenvalue weighted by Gasteiger charge is -2.06. The predicted octanol–water partition coefficient (Wildman–Crippen LogP) is 2.71. The number of benzene rings is 1. The Labute approximate surface area is 161 Å². The molecule has 0 fully saturated rings.